The van der Waals surface area contributed by atoms with Gasteiger partial charge >= 0.3 is 7.82 Å². The van der Waals surface area contributed by atoms with Crippen molar-refractivity contribution in [1.82, 2.24) is 9.80 Å². The SMILES string of the molecule is CN1C(=O)C=CN([C@H]2C[C@H](O)[C@@H](COP(=O)(O)O)O2)C1N. The smallest absolute Gasteiger partial charge is 0.390 e. The summed E-state index contributed by atoms with van der Waals surface area (Å²) < 4.78 is 20.5. The minimum atomic E-state index is -4.62. The standard InChI is InChI=1S/C10H18N3O7P/c1-12-8(15)2-3-13(10(12)11)9-4-6(14)7(20-9)5-19-21(16,17)18/h2-3,6-7,9-10,14H,4-5,11H2,1H3,(H2,16,17,18)/t6-,7+,9+,10?/m0/s1. The van der Waals surface area contributed by atoms with Gasteiger partial charge in [-0.15, -0.1) is 0 Å². The van der Waals surface area contributed by atoms with E-state index in [0.29, 0.717) is 0 Å². The molecule has 2 aliphatic heterocycles. The van der Waals surface area contributed by atoms with E-state index in [4.69, 9.17) is 20.3 Å². The molecule has 1 unspecified atom stereocenters. The van der Waals surface area contributed by atoms with Gasteiger partial charge in [0, 0.05) is 25.7 Å². The Morgan fingerprint density at radius 3 is 2.86 bits per heavy atom. The van der Waals surface area contributed by atoms with Crippen LogP contribution in [0.25, 0.3) is 0 Å². The number of ether oxygens (including phenoxy) is 1. The second-order valence-corrected chi connectivity index (χ2v) is 6.08. The van der Waals surface area contributed by atoms with Crippen molar-refractivity contribution in [2.24, 2.45) is 5.73 Å². The van der Waals surface area contributed by atoms with Crippen molar-refractivity contribution in [3.63, 3.8) is 0 Å². The summed E-state index contributed by atoms with van der Waals surface area (Å²) in [6, 6.07) is 0. The predicted octanol–water partition coefficient (Wildman–Crippen LogP) is -1.90. The predicted molar refractivity (Wildman–Crippen MR) is 69.0 cm³/mol. The van der Waals surface area contributed by atoms with E-state index in [1.54, 1.807) is 4.90 Å². The van der Waals surface area contributed by atoms with Gasteiger partial charge in [-0.2, -0.15) is 0 Å². The van der Waals surface area contributed by atoms with Crippen molar-refractivity contribution in [3.8, 4) is 0 Å². The third-order valence-electron chi connectivity index (χ3n) is 3.38. The molecule has 1 fully saturated rings. The zero-order valence-electron chi connectivity index (χ0n) is 11.3. The van der Waals surface area contributed by atoms with Crippen LogP contribution < -0.4 is 5.73 Å². The number of carbonyl (C=O) groups excluding carboxylic acids is 1. The summed E-state index contributed by atoms with van der Waals surface area (Å²) in [6.45, 7) is -0.441. The molecule has 0 bridgehead atoms. The van der Waals surface area contributed by atoms with Crippen molar-refractivity contribution in [2.45, 2.75) is 31.1 Å². The van der Waals surface area contributed by atoms with Crippen molar-refractivity contribution in [3.05, 3.63) is 12.3 Å². The molecular formula is C10H18N3O7P. The number of phosphoric ester groups is 1. The lowest BCUT2D eigenvalue weighted by Crippen LogP contribution is -2.58. The number of nitrogens with two attached hydrogens (primary N) is 1. The molecule has 21 heavy (non-hydrogen) atoms. The summed E-state index contributed by atoms with van der Waals surface area (Å²) in [5.41, 5.74) is 5.89. The summed E-state index contributed by atoms with van der Waals surface area (Å²) in [5.74, 6) is -0.251. The van der Waals surface area contributed by atoms with E-state index in [0.717, 1.165) is 0 Å². The highest BCUT2D eigenvalue weighted by molar-refractivity contribution is 7.46. The number of aliphatic hydroxyl groups is 1. The van der Waals surface area contributed by atoms with Crippen molar-refractivity contribution in [2.75, 3.05) is 13.7 Å². The first-order chi connectivity index (χ1) is 9.69. The van der Waals surface area contributed by atoms with Gasteiger partial charge in [0.25, 0.3) is 0 Å². The van der Waals surface area contributed by atoms with E-state index >= 15 is 0 Å². The summed E-state index contributed by atoms with van der Waals surface area (Å²) >= 11 is 0. The van der Waals surface area contributed by atoms with Crippen LogP contribution in [0.2, 0.25) is 0 Å². The summed E-state index contributed by atoms with van der Waals surface area (Å²) in [7, 11) is -3.09. The van der Waals surface area contributed by atoms with E-state index in [2.05, 4.69) is 4.52 Å². The molecule has 5 N–H and O–H groups in total. The van der Waals surface area contributed by atoms with Crippen LogP contribution in [-0.4, -0.2) is 69.0 Å². The summed E-state index contributed by atoms with van der Waals surface area (Å²) in [4.78, 5) is 31.6. The fraction of sp³-hybridized carbons (Fsp3) is 0.700. The monoisotopic (exact) mass is 323 g/mol. The number of likely N-dealkylation sites (N-methyl/N-ethyl adjacent to an activating group) is 1. The van der Waals surface area contributed by atoms with Gasteiger partial charge in [-0.25, -0.2) is 4.57 Å². The summed E-state index contributed by atoms with van der Waals surface area (Å²) in [5, 5.41) is 9.86. The molecule has 0 aliphatic carbocycles. The van der Waals surface area contributed by atoms with Gasteiger partial charge < -0.3 is 29.4 Å². The number of phosphoric acid groups is 1. The third kappa shape index (κ3) is 3.80. The summed E-state index contributed by atoms with van der Waals surface area (Å²) in [6.07, 6.45) is -0.241. The number of amides is 1. The van der Waals surface area contributed by atoms with Crippen LogP contribution in [-0.2, 0) is 18.6 Å². The van der Waals surface area contributed by atoms with Gasteiger partial charge in [-0.3, -0.25) is 15.1 Å². The van der Waals surface area contributed by atoms with Gasteiger partial charge in [-0.1, -0.05) is 0 Å². The van der Waals surface area contributed by atoms with E-state index in [1.165, 1.54) is 24.2 Å². The van der Waals surface area contributed by atoms with Crippen LogP contribution in [0, 0.1) is 0 Å². The number of rotatable bonds is 4. The third-order valence-corrected chi connectivity index (χ3v) is 3.87. The highest BCUT2D eigenvalue weighted by Crippen LogP contribution is 2.37. The first-order valence-electron chi connectivity index (χ1n) is 6.20. The maximum atomic E-state index is 11.4. The minimum absolute atomic E-state index is 0.176. The Balaban J connectivity index is 1.99. The molecule has 2 heterocycles. The Labute approximate surface area is 121 Å². The molecule has 2 rings (SSSR count). The molecule has 0 aromatic heterocycles. The Morgan fingerprint density at radius 2 is 2.24 bits per heavy atom. The second-order valence-electron chi connectivity index (χ2n) is 4.84. The van der Waals surface area contributed by atoms with E-state index in [-0.39, 0.29) is 12.3 Å². The molecule has 0 spiro atoms. The fourth-order valence-electron chi connectivity index (χ4n) is 2.17. The lowest BCUT2D eigenvalue weighted by atomic mass is 10.2. The minimum Gasteiger partial charge on any atom is -0.390 e. The Morgan fingerprint density at radius 1 is 1.57 bits per heavy atom. The number of aliphatic hydroxyl groups excluding tert-OH is 1. The van der Waals surface area contributed by atoms with Gasteiger partial charge in [0.05, 0.1) is 12.7 Å². The van der Waals surface area contributed by atoms with Crippen LogP contribution in [0.1, 0.15) is 6.42 Å². The number of hydrogen-bond donors (Lipinski definition) is 4. The van der Waals surface area contributed by atoms with Gasteiger partial charge in [-0.05, 0) is 0 Å². The number of carbonyl (C=O) groups is 1. The Hall–Kier alpha value is -1.00. The van der Waals surface area contributed by atoms with E-state index in [1.807, 2.05) is 0 Å². The second kappa shape index (κ2) is 6.01. The molecule has 11 heteroatoms. The van der Waals surface area contributed by atoms with Gasteiger partial charge in [0.2, 0.25) is 5.91 Å². The molecule has 1 amide bonds. The lowest BCUT2D eigenvalue weighted by Gasteiger charge is -2.39. The van der Waals surface area contributed by atoms with Crippen LogP contribution >= 0.6 is 7.82 Å². The zero-order chi connectivity index (χ0) is 15.8. The van der Waals surface area contributed by atoms with E-state index < -0.39 is 39.2 Å². The average molecular weight is 323 g/mol. The van der Waals surface area contributed by atoms with Crippen LogP contribution in [0.5, 0.6) is 0 Å². The van der Waals surface area contributed by atoms with E-state index in [9.17, 15) is 14.5 Å². The first-order valence-corrected chi connectivity index (χ1v) is 7.73. The molecule has 120 valence electrons. The van der Waals surface area contributed by atoms with Gasteiger partial charge in [0.15, 0.2) is 6.29 Å². The highest BCUT2D eigenvalue weighted by atomic mass is 31.2. The molecule has 0 aromatic carbocycles. The largest absolute Gasteiger partial charge is 0.469 e. The molecule has 2 aliphatic rings. The van der Waals surface area contributed by atoms with Crippen LogP contribution in [0.3, 0.4) is 0 Å². The lowest BCUT2D eigenvalue weighted by molar-refractivity contribution is -0.139. The number of hydrogen-bond acceptors (Lipinski definition) is 7. The first kappa shape index (κ1) is 16.4. The maximum absolute atomic E-state index is 11.4. The maximum Gasteiger partial charge on any atom is 0.469 e. The molecule has 0 aromatic rings. The molecule has 0 radical (unpaired) electrons. The van der Waals surface area contributed by atoms with Crippen LogP contribution in [0.15, 0.2) is 12.3 Å². The average Bonchev–Trinajstić information content (AvgIpc) is 2.74. The Kier molecular flexibility index (Phi) is 4.69. The van der Waals surface area contributed by atoms with Gasteiger partial charge in [0.1, 0.15) is 12.3 Å². The number of nitrogens with zero attached hydrogens (tertiary/aromatic N) is 2. The zero-order valence-corrected chi connectivity index (χ0v) is 12.2. The molecule has 10 nitrogen and oxygen atoms in total. The van der Waals surface area contributed by atoms with Crippen molar-refractivity contribution >= 4 is 13.7 Å². The molecule has 0 saturated carbocycles. The normalized spacial score (nSPS) is 33.9. The molecule has 1 saturated heterocycles. The van der Waals surface area contributed by atoms with Crippen molar-refractivity contribution < 1.29 is 33.5 Å². The van der Waals surface area contributed by atoms with Crippen molar-refractivity contribution in [1.29, 1.82) is 0 Å². The quantitative estimate of drug-likeness (QED) is 0.436. The fourth-order valence-corrected chi connectivity index (χ4v) is 2.51. The molecule has 4 atom stereocenters. The topological polar surface area (TPSA) is 146 Å². The molecular weight excluding hydrogens is 305 g/mol. The van der Waals surface area contributed by atoms with Crippen LogP contribution in [0.4, 0.5) is 0 Å². The highest BCUT2D eigenvalue weighted by Gasteiger charge is 2.41. The Bertz CT molecular complexity index is 481.